The van der Waals surface area contributed by atoms with Gasteiger partial charge in [0, 0.05) is 18.0 Å². The second-order valence-corrected chi connectivity index (χ2v) is 4.08. The number of pyridine rings is 1. The number of allylic oxidation sites excluding steroid dienone is 1. The molecule has 2 nitrogen and oxygen atoms in total. The molecule has 0 unspecified atom stereocenters. The molecule has 1 heterocycles. The summed E-state index contributed by atoms with van der Waals surface area (Å²) in [6.07, 6.45) is 0.690. The highest BCUT2D eigenvalue weighted by atomic mass is 19.4. The van der Waals surface area contributed by atoms with Gasteiger partial charge in [-0.05, 0) is 35.4 Å². The molecule has 0 amide bonds. The van der Waals surface area contributed by atoms with Crippen LogP contribution in [0.4, 0.5) is 13.2 Å². The molecule has 0 aliphatic heterocycles. The van der Waals surface area contributed by atoms with E-state index in [2.05, 4.69) is 4.98 Å². The second kappa shape index (κ2) is 5.69. The standard InChI is InChI=1S/C15H10F3NO/c16-15(17,18)14-5-1-4-12(8-14)13(10-20)7-11-3-2-6-19-9-11/h1-10H. The van der Waals surface area contributed by atoms with E-state index < -0.39 is 11.7 Å². The Morgan fingerprint density at radius 1 is 1.15 bits per heavy atom. The molecule has 0 radical (unpaired) electrons. The fourth-order valence-electron chi connectivity index (χ4n) is 1.70. The van der Waals surface area contributed by atoms with Crippen LogP contribution in [-0.4, -0.2) is 11.3 Å². The maximum atomic E-state index is 12.6. The van der Waals surface area contributed by atoms with Gasteiger partial charge in [0.25, 0.3) is 0 Å². The molecule has 0 aliphatic rings. The molecule has 102 valence electrons. The number of hydrogen-bond donors (Lipinski definition) is 0. The van der Waals surface area contributed by atoms with E-state index >= 15 is 0 Å². The number of benzene rings is 1. The van der Waals surface area contributed by atoms with Crippen molar-refractivity contribution in [3.63, 3.8) is 0 Å². The minimum absolute atomic E-state index is 0.170. The van der Waals surface area contributed by atoms with Crippen molar-refractivity contribution in [2.45, 2.75) is 6.18 Å². The van der Waals surface area contributed by atoms with Crippen LogP contribution in [0.15, 0.2) is 48.8 Å². The fourth-order valence-corrected chi connectivity index (χ4v) is 1.70. The van der Waals surface area contributed by atoms with Gasteiger partial charge in [0.2, 0.25) is 0 Å². The third kappa shape index (κ3) is 3.32. The fraction of sp³-hybridized carbons (Fsp3) is 0.0667. The van der Waals surface area contributed by atoms with Crippen LogP contribution in [-0.2, 0) is 11.0 Å². The van der Waals surface area contributed by atoms with Gasteiger partial charge < -0.3 is 0 Å². The zero-order chi connectivity index (χ0) is 14.6. The molecule has 1 aromatic carbocycles. The first-order valence-corrected chi connectivity index (χ1v) is 5.75. The molecule has 0 saturated carbocycles. The number of alkyl halides is 3. The monoisotopic (exact) mass is 277 g/mol. The predicted molar refractivity (Wildman–Crippen MR) is 69.6 cm³/mol. The van der Waals surface area contributed by atoms with E-state index in [-0.39, 0.29) is 11.1 Å². The zero-order valence-electron chi connectivity index (χ0n) is 10.3. The average molecular weight is 277 g/mol. The smallest absolute Gasteiger partial charge is 0.298 e. The van der Waals surface area contributed by atoms with Crippen LogP contribution in [0.5, 0.6) is 0 Å². The molecule has 2 rings (SSSR count). The van der Waals surface area contributed by atoms with Gasteiger partial charge in [0.15, 0.2) is 6.29 Å². The van der Waals surface area contributed by atoms with Crippen LogP contribution in [0.2, 0.25) is 0 Å². The van der Waals surface area contributed by atoms with Crippen molar-refractivity contribution in [3.05, 3.63) is 65.5 Å². The summed E-state index contributed by atoms with van der Waals surface area (Å²) >= 11 is 0. The normalized spacial score (nSPS) is 12.2. The minimum Gasteiger partial charge on any atom is -0.298 e. The lowest BCUT2D eigenvalue weighted by atomic mass is 10.0. The summed E-state index contributed by atoms with van der Waals surface area (Å²) in [4.78, 5) is 15.0. The Morgan fingerprint density at radius 3 is 2.55 bits per heavy atom. The summed E-state index contributed by atoms with van der Waals surface area (Å²) < 4.78 is 37.9. The Balaban J connectivity index is 2.43. The van der Waals surface area contributed by atoms with Crippen molar-refractivity contribution >= 4 is 17.9 Å². The lowest BCUT2D eigenvalue weighted by Gasteiger charge is -2.08. The van der Waals surface area contributed by atoms with E-state index in [0.717, 1.165) is 12.1 Å². The summed E-state index contributed by atoms with van der Waals surface area (Å²) in [7, 11) is 0. The van der Waals surface area contributed by atoms with E-state index in [1.54, 1.807) is 18.3 Å². The molecule has 0 saturated heterocycles. The van der Waals surface area contributed by atoms with Crippen molar-refractivity contribution in [2.75, 3.05) is 0 Å². The molecular weight excluding hydrogens is 267 g/mol. The molecule has 0 aliphatic carbocycles. The van der Waals surface area contributed by atoms with Gasteiger partial charge in [-0.3, -0.25) is 9.78 Å². The summed E-state index contributed by atoms with van der Waals surface area (Å²) in [5.41, 5.74) is 0.253. The van der Waals surface area contributed by atoms with Crippen LogP contribution in [0.1, 0.15) is 16.7 Å². The van der Waals surface area contributed by atoms with Crippen molar-refractivity contribution in [3.8, 4) is 0 Å². The second-order valence-electron chi connectivity index (χ2n) is 4.08. The van der Waals surface area contributed by atoms with Crippen molar-refractivity contribution < 1.29 is 18.0 Å². The zero-order valence-corrected chi connectivity index (χ0v) is 10.3. The number of rotatable bonds is 3. The molecule has 0 atom stereocenters. The Morgan fingerprint density at radius 2 is 1.95 bits per heavy atom. The highest BCUT2D eigenvalue weighted by Crippen LogP contribution is 2.31. The predicted octanol–water partition coefficient (Wildman–Crippen LogP) is 3.84. The van der Waals surface area contributed by atoms with E-state index in [4.69, 9.17) is 0 Å². The molecule has 0 bridgehead atoms. The van der Waals surface area contributed by atoms with Crippen LogP contribution in [0.3, 0.4) is 0 Å². The van der Waals surface area contributed by atoms with Gasteiger partial charge in [0.1, 0.15) is 0 Å². The van der Waals surface area contributed by atoms with Crippen molar-refractivity contribution in [2.24, 2.45) is 0 Å². The van der Waals surface area contributed by atoms with Crippen molar-refractivity contribution in [1.29, 1.82) is 0 Å². The molecule has 5 heteroatoms. The number of halogens is 3. The number of aldehydes is 1. The van der Waals surface area contributed by atoms with Gasteiger partial charge >= 0.3 is 6.18 Å². The maximum absolute atomic E-state index is 12.6. The van der Waals surface area contributed by atoms with Gasteiger partial charge in [-0.15, -0.1) is 0 Å². The van der Waals surface area contributed by atoms with E-state index in [0.29, 0.717) is 11.8 Å². The number of carbonyl (C=O) groups is 1. The Hall–Kier alpha value is -2.43. The Kier molecular flexibility index (Phi) is 3.98. The van der Waals surface area contributed by atoms with Gasteiger partial charge in [-0.2, -0.15) is 13.2 Å². The summed E-state index contributed by atoms with van der Waals surface area (Å²) in [5, 5.41) is 0. The SMILES string of the molecule is O=CC(=Cc1cccnc1)c1cccc(C(F)(F)F)c1. The first kappa shape index (κ1) is 14.0. The molecule has 0 spiro atoms. The number of carbonyl (C=O) groups excluding carboxylic acids is 1. The number of nitrogens with zero attached hydrogens (tertiary/aromatic N) is 1. The number of hydrogen-bond acceptors (Lipinski definition) is 2. The Bertz CT molecular complexity index is 633. The maximum Gasteiger partial charge on any atom is 0.416 e. The summed E-state index contributed by atoms with van der Waals surface area (Å²) in [6, 6.07) is 8.06. The van der Waals surface area contributed by atoms with Crippen LogP contribution >= 0.6 is 0 Å². The molecule has 20 heavy (non-hydrogen) atoms. The molecular formula is C15H10F3NO. The lowest BCUT2D eigenvalue weighted by molar-refractivity contribution is -0.137. The van der Waals surface area contributed by atoms with Crippen molar-refractivity contribution in [1.82, 2.24) is 4.98 Å². The Labute approximate surface area is 113 Å². The first-order chi connectivity index (χ1) is 9.50. The van der Waals surface area contributed by atoms with Gasteiger partial charge in [-0.1, -0.05) is 18.2 Å². The first-order valence-electron chi connectivity index (χ1n) is 5.75. The van der Waals surface area contributed by atoms with Gasteiger partial charge in [0.05, 0.1) is 5.56 Å². The largest absolute Gasteiger partial charge is 0.416 e. The van der Waals surface area contributed by atoms with E-state index in [1.165, 1.54) is 24.4 Å². The third-order valence-corrected chi connectivity index (χ3v) is 2.66. The molecule has 0 fully saturated rings. The van der Waals surface area contributed by atoms with Crippen LogP contribution in [0.25, 0.3) is 11.6 Å². The minimum atomic E-state index is -4.43. The topological polar surface area (TPSA) is 30.0 Å². The highest BCUT2D eigenvalue weighted by Gasteiger charge is 2.30. The number of aromatic nitrogens is 1. The summed E-state index contributed by atoms with van der Waals surface area (Å²) in [5.74, 6) is 0. The van der Waals surface area contributed by atoms with E-state index in [9.17, 15) is 18.0 Å². The quantitative estimate of drug-likeness (QED) is 0.630. The third-order valence-electron chi connectivity index (χ3n) is 2.66. The van der Waals surface area contributed by atoms with E-state index in [1.807, 2.05) is 0 Å². The van der Waals surface area contributed by atoms with Crippen LogP contribution in [0, 0.1) is 0 Å². The lowest BCUT2D eigenvalue weighted by Crippen LogP contribution is -2.05. The molecule has 2 aromatic rings. The summed E-state index contributed by atoms with van der Waals surface area (Å²) in [6.45, 7) is 0. The van der Waals surface area contributed by atoms with Crippen LogP contribution < -0.4 is 0 Å². The average Bonchev–Trinajstić information content (AvgIpc) is 2.45. The highest BCUT2D eigenvalue weighted by molar-refractivity contribution is 6.13. The molecule has 0 N–H and O–H groups in total. The van der Waals surface area contributed by atoms with Gasteiger partial charge in [-0.25, -0.2) is 0 Å². The molecule has 1 aromatic heterocycles.